The van der Waals surface area contributed by atoms with Crippen molar-refractivity contribution < 1.29 is 4.79 Å². The summed E-state index contributed by atoms with van der Waals surface area (Å²) in [6, 6.07) is 12.6. The van der Waals surface area contributed by atoms with Gasteiger partial charge in [0.2, 0.25) is 0 Å². The molecule has 0 N–H and O–H groups in total. The van der Waals surface area contributed by atoms with E-state index in [1.165, 1.54) is 22.3 Å². The molecule has 0 saturated heterocycles. The Hall–Kier alpha value is -2.15. The zero-order chi connectivity index (χ0) is 11.4. The van der Waals surface area contributed by atoms with E-state index >= 15 is 0 Å². The number of carbonyl (C=O) groups is 1. The summed E-state index contributed by atoms with van der Waals surface area (Å²) in [5, 5.41) is 0. The molecule has 2 aliphatic rings. The third-order valence-electron chi connectivity index (χ3n) is 3.68. The van der Waals surface area contributed by atoms with Gasteiger partial charge in [-0.2, -0.15) is 0 Å². The van der Waals surface area contributed by atoms with Gasteiger partial charge in [0.15, 0.2) is 5.78 Å². The second kappa shape index (κ2) is 2.95. The van der Waals surface area contributed by atoms with Crippen molar-refractivity contribution in [3.05, 3.63) is 64.7 Å². The van der Waals surface area contributed by atoms with Crippen LogP contribution < -0.4 is 0 Å². The summed E-state index contributed by atoms with van der Waals surface area (Å²) in [5.41, 5.74) is 7.04. The summed E-state index contributed by atoms with van der Waals surface area (Å²) >= 11 is 0. The van der Waals surface area contributed by atoms with Gasteiger partial charge in [0.1, 0.15) is 0 Å². The van der Waals surface area contributed by atoms with Crippen molar-refractivity contribution >= 4 is 11.9 Å². The third-order valence-corrected chi connectivity index (χ3v) is 3.68. The summed E-state index contributed by atoms with van der Waals surface area (Å²) in [6.07, 6.45) is 4.48. The fraction of sp³-hybridized carbons (Fsp3) is 0.0625. The first-order chi connectivity index (χ1) is 8.34. The number of allylic oxidation sites excluding steroid dienone is 1. The molecule has 0 bridgehead atoms. The standard InChI is InChI=1S/C16H10O/c17-15-8-6-10-5-7-13-12-4-2-1-3-11(12)9-14(13)16(10)15/h1-8H,9H2. The van der Waals surface area contributed by atoms with Gasteiger partial charge in [-0.25, -0.2) is 0 Å². The molecule has 2 aliphatic carbocycles. The molecule has 2 aromatic rings. The minimum absolute atomic E-state index is 0.157. The van der Waals surface area contributed by atoms with Crippen LogP contribution in [0, 0.1) is 0 Å². The summed E-state index contributed by atoms with van der Waals surface area (Å²) in [5.74, 6) is 0.157. The molecule has 0 unspecified atom stereocenters. The average molecular weight is 218 g/mol. The number of carbonyl (C=O) groups excluding carboxylic acids is 1. The minimum Gasteiger partial charge on any atom is -0.289 e. The van der Waals surface area contributed by atoms with Crippen LogP contribution >= 0.6 is 0 Å². The molecule has 0 fully saturated rings. The van der Waals surface area contributed by atoms with Gasteiger partial charge in [0.25, 0.3) is 0 Å². The highest BCUT2D eigenvalue weighted by Crippen LogP contribution is 2.40. The molecule has 4 rings (SSSR count). The average Bonchev–Trinajstić information content (AvgIpc) is 2.90. The van der Waals surface area contributed by atoms with Gasteiger partial charge < -0.3 is 0 Å². The van der Waals surface area contributed by atoms with Gasteiger partial charge in [0, 0.05) is 5.56 Å². The van der Waals surface area contributed by atoms with Crippen molar-refractivity contribution in [2.24, 2.45) is 0 Å². The molecule has 1 nitrogen and oxygen atoms in total. The lowest BCUT2D eigenvalue weighted by Gasteiger charge is -2.05. The second-order valence-electron chi connectivity index (χ2n) is 4.59. The summed E-state index contributed by atoms with van der Waals surface area (Å²) < 4.78 is 0. The Morgan fingerprint density at radius 2 is 1.76 bits per heavy atom. The maximum atomic E-state index is 11.9. The van der Waals surface area contributed by atoms with Gasteiger partial charge in [-0.1, -0.05) is 42.5 Å². The molecule has 0 heterocycles. The van der Waals surface area contributed by atoms with Crippen LogP contribution in [0.1, 0.15) is 27.0 Å². The van der Waals surface area contributed by atoms with Gasteiger partial charge in [-0.15, -0.1) is 0 Å². The molecule has 80 valence electrons. The van der Waals surface area contributed by atoms with Crippen LogP contribution in [-0.2, 0) is 6.42 Å². The van der Waals surface area contributed by atoms with Crippen molar-refractivity contribution in [3.8, 4) is 11.1 Å². The van der Waals surface area contributed by atoms with Gasteiger partial charge in [0.05, 0.1) is 0 Å². The second-order valence-corrected chi connectivity index (χ2v) is 4.59. The van der Waals surface area contributed by atoms with E-state index in [-0.39, 0.29) is 5.78 Å². The van der Waals surface area contributed by atoms with Gasteiger partial charge in [-0.3, -0.25) is 4.79 Å². The van der Waals surface area contributed by atoms with Crippen LogP contribution in [0.5, 0.6) is 0 Å². The van der Waals surface area contributed by atoms with Crippen molar-refractivity contribution in [1.29, 1.82) is 0 Å². The monoisotopic (exact) mass is 218 g/mol. The Morgan fingerprint density at radius 3 is 2.71 bits per heavy atom. The smallest absolute Gasteiger partial charge is 0.186 e. The van der Waals surface area contributed by atoms with Crippen molar-refractivity contribution in [1.82, 2.24) is 0 Å². The predicted octanol–water partition coefficient (Wildman–Crippen LogP) is 3.47. The lowest BCUT2D eigenvalue weighted by molar-refractivity contribution is 0.104. The Bertz CT molecular complexity index is 693. The van der Waals surface area contributed by atoms with Gasteiger partial charge >= 0.3 is 0 Å². The highest BCUT2D eigenvalue weighted by atomic mass is 16.1. The molecule has 0 atom stereocenters. The van der Waals surface area contributed by atoms with Crippen molar-refractivity contribution in [3.63, 3.8) is 0 Å². The number of hydrogen-bond donors (Lipinski definition) is 0. The summed E-state index contributed by atoms with van der Waals surface area (Å²) in [4.78, 5) is 11.9. The Kier molecular flexibility index (Phi) is 1.55. The number of fused-ring (bicyclic) bond motifs is 5. The molecular weight excluding hydrogens is 208 g/mol. The Morgan fingerprint density at radius 1 is 0.882 bits per heavy atom. The topological polar surface area (TPSA) is 17.1 Å². The molecule has 17 heavy (non-hydrogen) atoms. The normalized spacial score (nSPS) is 14.7. The number of rotatable bonds is 0. The lowest BCUT2D eigenvalue weighted by Crippen LogP contribution is -1.98. The minimum atomic E-state index is 0.157. The maximum Gasteiger partial charge on any atom is 0.186 e. The van der Waals surface area contributed by atoms with Crippen LogP contribution in [0.3, 0.4) is 0 Å². The van der Waals surface area contributed by atoms with E-state index in [4.69, 9.17) is 0 Å². The lowest BCUT2D eigenvalue weighted by atomic mass is 9.97. The first-order valence-electron chi connectivity index (χ1n) is 5.81. The zero-order valence-electron chi connectivity index (χ0n) is 9.23. The SMILES string of the molecule is O=C1C=Cc2ccc3c(c21)Cc1ccccc1-3. The molecule has 1 heteroatoms. The zero-order valence-corrected chi connectivity index (χ0v) is 9.23. The molecule has 0 spiro atoms. The molecule has 0 saturated carbocycles. The fourth-order valence-electron chi connectivity index (χ4n) is 2.91. The van der Waals surface area contributed by atoms with Gasteiger partial charge in [-0.05, 0) is 40.3 Å². The van der Waals surface area contributed by atoms with Crippen LogP contribution in [0.25, 0.3) is 17.2 Å². The predicted molar refractivity (Wildman–Crippen MR) is 68.0 cm³/mol. The largest absolute Gasteiger partial charge is 0.289 e. The molecule has 2 aromatic carbocycles. The van der Waals surface area contributed by atoms with E-state index in [1.54, 1.807) is 6.08 Å². The van der Waals surface area contributed by atoms with E-state index < -0.39 is 0 Å². The number of hydrogen-bond acceptors (Lipinski definition) is 1. The summed E-state index contributed by atoms with van der Waals surface area (Å²) in [7, 11) is 0. The fourth-order valence-corrected chi connectivity index (χ4v) is 2.91. The van der Waals surface area contributed by atoms with Crippen LogP contribution in [0.2, 0.25) is 0 Å². The van der Waals surface area contributed by atoms with E-state index in [0.717, 1.165) is 17.5 Å². The molecule has 0 amide bonds. The molecule has 0 aromatic heterocycles. The Balaban J connectivity index is 2.05. The Labute approximate surface area is 99.4 Å². The third kappa shape index (κ3) is 1.06. The van der Waals surface area contributed by atoms with E-state index in [1.807, 2.05) is 6.08 Å². The van der Waals surface area contributed by atoms with Crippen LogP contribution in [-0.4, -0.2) is 5.78 Å². The number of ketones is 1. The highest BCUT2D eigenvalue weighted by molar-refractivity contribution is 6.16. The maximum absolute atomic E-state index is 11.9. The highest BCUT2D eigenvalue weighted by Gasteiger charge is 2.26. The van der Waals surface area contributed by atoms with Crippen molar-refractivity contribution in [2.75, 3.05) is 0 Å². The number of benzene rings is 2. The van der Waals surface area contributed by atoms with E-state index in [9.17, 15) is 4.79 Å². The van der Waals surface area contributed by atoms with E-state index in [2.05, 4.69) is 36.4 Å². The first-order valence-corrected chi connectivity index (χ1v) is 5.81. The molecule has 0 aliphatic heterocycles. The van der Waals surface area contributed by atoms with E-state index in [0.29, 0.717) is 0 Å². The molecular formula is C16H10O. The quantitative estimate of drug-likeness (QED) is 0.564. The van der Waals surface area contributed by atoms with Crippen molar-refractivity contribution in [2.45, 2.75) is 6.42 Å². The first kappa shape index (κ1) is 8.94. The summed E-state index contributed by atoms with van der Waals surface area (Å²) in [6.45, 7) is 0. The van der Waals surface area contributed by atoms with Crippen LogP contribution in [0.4, 0.5) is 0 Å². The van der Waals surface area contributed by atoms with Crippen LogP contribution in [0.15, 0.2) is 42.5 Å². The molecule has 0 radical (unpaired) electrons.